The first kappa shape index (κ1) is 18.9. The molecule has 1 aromatic carbocycles. The van der Waals surface area contributed by atoms with E-state index in [-0.39, 0.29) is 34.7 Å². The molecule has 1 saturated heterocycles. The lowest BCUT2D eigenvalue weighted by atomic mass is 9.97. The maximum atomic E-state index is 14.0. The first-order valence-electron chi connectivity index (χ1n) is 9.08. The number of carbonyl (C=O) groups is 1. The van der Waals surface area contributed by atoms with Crippen LogP contribution in [0, 0.1) is 24.5 Å². The Morgan fingerprint density at radius 3 is 2.79 bits per heavy atom. The van der Waals surface area contributed by atoms with Crippen LogP contribution in [0.15, 0.2) is 40.9 Å². The number of anilines is 2. The van der Waals surface area contributed by atoms with E-state index >= 15 is 0 Å². The second-order valence-corrected chi connectivity index (χ2v) is 7.03. The van der Waals surface area contributed by atoms with E-state index in [0.29, 0.717) is 25.4 Å². The number of nitrogens with one attached hydrogen (secondary N) is 1. The molecule has 2 aromatic heterocycles. The number of aryl methyl sites for hydroxylation is 1. The summed E-state index contributed by atoms with van der Waals surface area (Å²) in [7, 11) is 0. The molecule has 3 heterocycles. The molecule has 0 aliphatic carbocycles. The summed E-state index contributed by atoms with van der Waals surface area (Å²) >= 11 is 0. The van der Waals surface area contributed by atoms with Crippen molar-refractivity contribution in [2.24, 2.45) is 5.92 Å². The van der Waals surface area contributed by atoms with Gasteiger partial charge in [0.05, 0.1) is 17.6 Å². The van der Waals surface area contributed by atoms with Gasteiger partial charge in [0.2, 0.25) is 0 Å². The predicted octanol–water partition coefficient (Wildman–Crippen LogP) is 3.61. The lowest BCUT2D eigenvalue weighted by Crippen LogP contribution is -2.52. The Bertz CT molecular complexity index is 1060. The summed E-state index contributed by atoms with van der Waals surface area (Å²) in [5.41, 5.74) is 6.51. The third-order valence-corrected chi connectivity index (χ3v) is 4.74. The fourth-order valence-corrected chi connectivity index (χ4v) is 3.21. The normalized spacial score (nSPS) is 14.0. The highest BCUT2D eigenvalue weighted by atomic mass is 19.1. The lowest BCUT2D eigenvalue weighted by molar-refractivity contribution is 0.126. The van der Waals surface area contributed by atoms with Crippen LogP contribution >= 0.6 is 0 Å². The van der Waals surface area contributed by atoms with Gasteiger partial charge in [0.1, 0.15) is 17.4 Å². The van der Waals surface area contributed by atoms with Gasteiger partial charge in [-0.2, -0.15) is 0 Å². The molecule has 0 radical (unpaired) electrons. The number of nitrogens with zero attached hydrogens (tertiary/aromatic N) is 3. The molecule has 9 heteroatoms. The van der Waals surface area contributed by atoms with Gasteiger partial charge in [0.25, 0.3) is 0 Å². The molecule has 0 atom stereocenters. The molecule has 0 saturated carbocycles. The summed E-state index contributed by atoms with van der Waals surface area (Å²) in [6, 6.07) is 5.90. The molecule has 4 rings (SSSR count). The van der Waals surface area contributed by atoms with Gasteiger partial charge in [-0.3, -0.25) is 5.32 Å². The Kier molecular flexibility index (Phi) is 4.87. The van der Waals surface area contributed by atoms with Crippen molar-refractivity contribution in [3.8, 4) is 11.3 Å². The predicted molar refractivity (Wildman–Crippen MR) is 103 cm³/mol. The molecule has 0 spiro atoms. The summed E-state index contributed by atoms with van der Waals surface area (Å²) in [4.78, 5) is 22.5. The molecule has 7 nitrogen and oxygen atoms in total. The molecule has 1 aliphatic heterocycles. The second kappa shape index (κ2) is 7.50. The van der Waals surface area contributed by atoms with Crippen LogP contribution in [-0.4, -0.2) is 34.0 Å². The van der Waals surface area contributed by atoms with Crippen LogP contribution in [0.1, 0.15) is 11.7 Å². The number of likely N-dealkylation sites (tertiary alicyclic amines) is 1. The van der Waals surface area contributed by atoms with Gasteiger partial charge in [-0.15, -0.1) is 0 Å². The minimum Gasteiger partial charge on any atom is -0.446 e. The number of urea groups is 1. The number of carbonyl (C=O) groups excluding carboxylic acids is 1. The van der Waals surface area contributed by atoms with Gasteiger partial charge in [0, 0.05) is 37.1 Å². The van der Waals surface area contributed by atoms with Crippen LogP contribution in [0.5, 0.6) is 0 Å². The van der Waals surface area contributed by atoms with E-state index in [9.17, 15) is 13.6 Å². The van der Waals surface area contributed by atoms with Crippen LogP contribution in [0.4, 0.5) is 25.1 Å². The molecule has 1 aliphatic rings. The summed E-state index contributed by atoms with van der Waals surface area (Å²) in [5.74, 6) is 0.390. The van der Waals surface area contributed by atoms with E-state index in [4.69, 9.17) is 10.2 Å². The topological polar surface area (TPSA) is 97.3 Å². The molecule has 0 bridgehead atoms. The fourth-order valence-electron chi connectivity index (χ4n) is 3.21. The number of amides is 2. The van der Waals surface area contributed by atoms with Crippen molar-refractivity contribution in [3.05, 3.63) is 59.8 Å². The highest BCUT2D eigenvalue weighted by Gasteiger charge is 2.32. The number of halogens is 2. The SMILES string of the molecule is Cc1cnc(CC2CN(C(=O)Nc3nc(-c4ccc(F)cc4F)ccc3N)C2)o1. The fraction of sp³-hybridized carbons (Fsp3) is 0.250. The van der Waals surface area contributed by atoms with Gasteiger partial charge in [-0.25, -0.2) is 23.5 Å². The van der Waals surface area contributed by atoms with Crippen molar-refractivity contribution in [2.75, 3.05) is 24.1 Å². The Labute approximate surface area is 165 Å². The monoisotopic (exact) mass is 399 g/mol. The van der Waals surface area contributed by atoms with E-state index in [1.54, 1.807) is 11.1 Å². The highest BCUT2D eigenvalue weighted by molar-refractivity contribution is 5.92. The van der Waals surface area contributed by atoms with E-state index in [1.165, 1.54) is 18.2 Å². The second-order valence-electron chi connectivity index (χ2n) is 7.03. The third kappa shape index (κ3) is 4.03. The molecule has 2 amide bonds. The number of oxazole rings is 1. The van der Waals surface area contributed by atoms with Crippen LogP contribution in [0.3, 0.4) is 0 Å². The van der Waals surface area contributed by atoms with Gasteiger partial charge < -0.3 is 15.1 Å². The Morgan fingerprint density at radius 2 is 2.10 bits per heavy atom. The third-order valence-electron chi connectivity index (χ3n) is 4.74. The number of nitrogens with two attached hydrogens (primary N) is 1. The molecular weight excluding hydrogens is 380 g/mol. The molecule has 3 N–H and O–H groups in total. The lowest BCUT2D eigenvalue weighted by Gasteiger charge is -2.38. The molecular formula is C20H19F2N5O2. The van der Waals surface area contributed by atoms with Crippen molar-refractivity contribution in [2.45, 2.75) is 13.3 Å². The van der Waals surface area contributed by atoms with Crippen molar-refractivity contribution < 1.29 is 18.0 Å². The van der Waals surface area contributed by atoms with E-state index in [0.717, 1.165) is 17.9 Å². The Balaban J connectivity index is 1.41. The largest absolute Gasteiger partial charge is 0.446 e. The first-order valence-corrected chi connectivity index (χ1v) is 9.08. The van der Waals surface area contributed by atoms with E-state index < -0.39 is 11.6 Å². The molecule has 3 aromatic rings. The quantitative estimate of drug-likeness (QED) is 0.699. The zero-order valence-electron chi connectivity index (χ0n) is 15.7. The van der Waals surface area contributed by atoms with Gasteiger partial charge in [-0.05, 0) is 31.2 Å². The minimum atomic E-state index is -0.744. The molecule has 1 fully saturated rings. The van der Waals surface area contributed by atoms with Crippen LogP contribution in [0.25, 0.3) is 11.3 Å². The van der Waals surface area contributed by atoms with Crippen molar-refractivity contribution in [1.29, 1.82) is 0 Å². The molecule has 0 unspecified atom stereocenters. The minimum absolute atomic E-state index is 0.118. The number of hydrogen-bond acceptors (Lipinski definition) is 5. The average Bonchev–Trinajstić information content (AvgIpc) is 3.05. The van der Waals surface area contributed by atoms with Gasteiger partial charge >= 0.3 is 6.03 Å². The zero-order valence-corrected chi connectivity index (χ0v) is 15.7. The number of hydrogen-bond donors (Lipinski definition) is 2. The van der Waals surface area contributed by atoms with Crippen molar-refractivity contribution in [3.63, 3.8) is 0 Å². The summed E-state index contributed by atoms with van der Waals surface area (Å²) in [6.45, 7) is 2.94. The standard InChI is InChI=1S/C20H19F2N5O2/c1-11-8-24-18(29-11)6-12-9-27(10-12)20(28)26-19-16(23)4-5-17(25-19)14-3-2-13(21)7-15(14)22/h2-5,7-8,12H,6,9-10,23H2,1H3,(H,25,26,28). The summed E-state index contributed by atoms with van der Waals surface area (Å²) in [6.07, 6.45) is 2.33. The van der Waals surface area contributed by atoms with Crippen molar-refractivity contribution in [1.82, 2.24) is 14.9 Å². The van der Waals surface area contributed by atoms with E-state index in [1.807, 2.05) is 6.92 Å². The number of benzene rings is 1. The Morgan fingerprint density at radius 1 is 1.31 bits per heavy atom. The maximum Gasteiger partial charge on any atom is 0.323 e. The number of rotatable bonds is 4. The van der Waals surface area contributed by atoms with Gasteiger partial charge in [-0.1, -0.05) is 0 Å². The number of nitrogen functional groups attached to an aromatic ring is 1. The maximum absolute atomic E-state index is 14.0. The van der Waals surface area contributed by atoms with Crippen LogP contribution in [0.2, 0.25) is 0 Å². The zero-order chi connectivity index (χ0) is 20.5. The van der Waals surface area contributed by atoms with Gasteiger partial charge in [0.15, 0.2) is 11.7 Å². The molecule has 29 heavy (non-hydrogen) atoms. The smallest absolute Gasteiger partial charge is 0.323 e. The summed E-state index contributed by atoms with van der Waals surface area (Å²) in [5, 5.41) is 2.66. The van der Waals surface area contributed by atoms with Crippen LogP contribution < -0.4 is 11.1 Å². The highest BCUT2D eigenvalue weighted by Crippen LogP contribution is 2.27. The van der Waals surface area contributed by atoms with E-state index in [2.05, 4.69) is 15.3 Å². The number of pyridine rings is 1. The number of aromatic nitrogens is 2. The van der Waals surface area contributed by atoms with Crippen molar-refractivity contribution >= 4 is 17.5 Å². The van der Waals surface area contributed by atoms with Crippen LogP contribution in [-0.2, 0) is 6.42 Å². The molecule has 150 valence electrons. The summed E-state index contributed by atoms with van der Waals surface area (Å²) < 4.78 is 32.6. The first-order chi connectivity index (χ1) is 13.9. The average molecular weight is 399 g/mol. The Hall–Kier alpha value is -3.49.